The van der Waals surface area contributed by atoms with Gasteiger partial charge in [0, 0.05) is 4.88 Å². The van der Waals surface area contributed by atoms with Gasteiger partial charge in [-0.3, -0.25) is 10.1 Å². The first kappa shape index (κ1) is 15.0. The van der Waals surface area contributed by atoms with E-state index in [2.05, 4.69) is 17.2 Å². The maximum Gasteiger partial charge on any atom is 0.264 e. The van der Waals surface area contributed by atoms with Crippen molar-refractivity contribution >= 4 is 22.4 Å². The molecule has 1 aliphatic rings. The van der Waals surface area contributed by atoms with E-state index in [-0.39, 0.29) is 18.3 Å². The standard InChI is InChI=1S/C16H17FN2O2S/c1-10-2-7-13-14(8-10)22-16(18-13)19-15(20)9-21-12-5-3-11(17)4-6-12/h3-6,10H,2,7-9H2,1H3,(H,18,19,20)/t10-/m0/s1. The van der Waals surface area contributed by atoms with Crippen LogP contribution in [0.3, 0.4) is 0 Å². The molecule has 0 saturated heterocycles. The van der Waals surface area contributed by atoms with Gasteiger partial charge in [-0.1, -0.05) is 6.92 Å². The summed E-state index contributed by atoms with van der Waals surface area (Å²) >= 11 is 1.54. The maximum absolute atomic E-state index is 12.8. The number of benzene rings is 1. The van der Waals surface area contributed by atoms with E-state index < -0.39 is 0 Å². The molecular formula is C16H17FN2O2S. The zero-order valence-corrected chi connectivity index (χ0v) is 13.1. The lowest BCUT2D eigenvalue weighted by Crippen LogP contribution is -2.20. The van der Waals surface area contributed by atoms with Crippen LogP contribution >= 0.6 is 11.3 Å². The van der Waals surface area contributed by atoms with Crippen LogP contribution in [0.5, 0.6) is 5.75 Å². The number of aromatic nitrogens is 1. The van der Waals surface area contributed by atoms with Crippen molar-refractivity contribution in [2.75, 3.05) is 11.9 Å². The van der Waals surface area contributed by atoms with Gasteiger partial charge in [0.15, 0.2) is 11.7 Å². The molecule has 22 heavy (non-hydrogen) atoms. The average Bonchev–Trinajstić information content (AvgIpc) is 2.88. The Kier molecular flexibility index (Phi) is 4.38. The van der Waals surface area contributed by atoms with E-state index in [9.17, 15) is 9.18 Å². The number of hydrogen-bond donors (Lipinski definition) is 1. The molecule has 1 aliphatic carbocycles. The van der Waals surface area contributed by atoms with Gasteiger partial charge in [-0.2, -0.15) is 0 Å². The van der Waals surface area contributed by atoms with Crippen molar-refractivity contribution in [2.45, 2.75) is 26.2 Å². The summed E-state index contributed by atoms with van der Waals surface area (Å²) in [5.74, 6) is 0.546. The van der Waals surface area contributed by atoms with Crippen molar-refractivity contribution < 1.29 is 13.9 Å². The van der Waals surface area contributed by atoms with Gasteiger partial charge in [0.1, 0.15) is 11.6 Å². The number of carbonyl (C=O) groups excluding carboxylic acids is 1. The molecule has 1 atom stereocenters. The molecule has 6 heteroatoms. The third kappa shape index (κ3) is 3.62. The van der Waals surface area contributed by atoms with Gasteiger partial charge in [-0.15, -0.1) is 11.3 Å². The highest BCUT2D eigenvalue weighted by atomic mass is 32.1. The molecule has 1 heterocycles. The number of nitrogens with one attached hydrogen (secondary N) is 1. The first-order valence-corrected chi connectivity index (χ1v) is 8.08. The van der Waals surface area contributed by atoms with Crippen molar-refractivity contribution in [1.82, 2.24) is 4.98 Å². The van der Waals surface area contributed by atoms with E-state index in [0.717, 1.165) is 25.0 Å². The minimum absolute atomic E-state index is 0.119. The predicted molar refractivity (Wildman–Crippen MR) is 83.8 cm³/mol. The Balaban J connectivity index is 1.54. The first-order valence-electron chi connectivity index (χ1n) is 7.27. The number of nitrogens with zero attached hydrogens (tertiary/aromatic N) is 1. The summed E-state index contributed by atoms with van der Waals surface area (Å²) in [5, 5.41) is 3.40. The summed E-state index contributed by atoms with van der Waals surface area (Å²) in [4.78, 5) is 17.6. The minimum Gasteiger partial charge on any atom is -0.484 e. The number of halogens is 1. The van der Waals surface area contributed by atoms with Gasteiger partial charge < -0.3 is 4.74 Å². The zero-order chi connectivity index (χ0) is 15.5. The number of ether oxygens (including phenoxy) is 1. The molecule has 4 nitrogen and oxygen atoms in total. The fourth-order valence-electron chi connectivity index (χ4n) is 2.43. The Bertz CT molecular complexity index is 669. The summed E-state index contributed by atoms with van der Waals surface area (Å²) in [6.07, 6.45) is 3.17. The molecule has 1 aromatic carbocycles. The highest BCUT2D eigenvalue weighted by Gasteiger charge is 2.20. The molecule has 0 saturated carbocycles. The second-order valence-corrected chi connectivity index (χ2v) is 6.61. The molecule has 0 spiro atoms. The molecule has 1 aromatic heterocycles. The van der Waals surface area contributed by atoms with Crippen molar-refractivity contribution in [3.63, 3.8) is 0 Å². The lowest BCUT2D eigenvalue weighted by Gasteiger charge is -2.15. The molecule has 0 radical (unpaired) electrons. The molecule has 1 amide bonds. The predicted octanol–water partition coefficient (Wildman–Crippen LogP) is 3.42. The van der Waals surface area contributed by atoms with Gasteiger partial charge in [-0.25, -0.2) is 9.37 Å². The van der Waals surface area contributed by atoms with Crippen LogP contribution < -0.4 is 10.1 Å². The molecule has 3 rings (SSSR count). The summed E-state index contributed by atoms with van der Waals surface area (Å²) in [7, 11) is 0. The number of anilines is 1. The normalized spacial score (nSPS) is 16.9. The van der Waals surface area contributed by atoms with Gasteiger partial charge >= 0.3 is 0 Å². The molecule has 116 valence electrons. The minimum atomic E-state index is -0.334. The van der Waals surface area contributed by atoms with Crippen LogP contribution in [0.25, 0.3) is 0 Å². The van der Waals surface area contributed by atoms with Gasteiger partial charge in [0.05, 0.1) is 5.69 Å². The van der Waals surface area contributed by atoms with E-state index in [4.69, 9.17) is 4.74 Å². The monoisotopic (exact) mass is 320 g/mol. The van der Waals surface area contributed by atoms with Crippen LogP contribution in [0.2, 0.25) is 0 Å². The highest BCUT2D eigenvalue weighted by Crippen LogP contribution is 2.32. The lowest BCUT2D eigenvalue weighted by atomic mass is 9.93. The number of hydrogen-bond acceptors (Lipinski definition) is 4. The molecule has 2 aromatic rings. The van der Waals surface area contributed by atoms with Crippen molar-refractivity contribution in [1.29, 1.82) is 0 Å². The average molecular weight is 320 g/mol. The topological polar surface area (TPSA) is 51.2 Å². The third-order valence-corrected chi connectivity index (χ3v) is 4.65. The molecule has 0 bridgehead atoms. The van der Waals surface area contributed by atoms with Crippen LogP contribution in [-0.2, 0) is 17.6 Å². The molecule has 0 aliphatic heterocycles. The highest BCUT2D eigenvalue weighted by molar-refractivity contribution is 7.15. The first-order chi connectivity index (χ1) is 10.6. The Morgan fingerprint density at radius 1 is 1.45 bits per heavy atom. The van der Waals surface area contributed by atoms with Crippen LogP contribution in [0.15, 0.2) is 24.3 Å². The second-order valence-electron chi connectivity index (χ2n) is 5.53. The fraction of sp³-hybridized carbons (Fsp3) is 0.375. The molecular weight excluding hydrogens is 303 g/mol. The number of carbonyl (C=O) groups is 1. The van der Waals surface area contributed by atoms with Crippen LogP contribution in [0.4, 0.5) is 9.52 Å². The SMILES string of the molecule is C[C@H]1CCc2nc(NC(=O)COc3ccc(F)cc3)sc2C1. The van der Waals surface area contributed by atoms with Crippen LogP contribution in [0.1, 0.15) is 23.9 Å². The number of fused-ring (bicyclic) bond motifs is 1. The molecule has 0 unspecified atom stereocenters. The largest absolute Gasteiger partial charge is 0.484 e. The van der Waals surface area contributed by atoms with Crippen molar-refractivity contribution in [2.24, 2.45) is 5.92 Å². The number of amides is 1. The van der Waals surface area contributed by atoms with Crippen LogP contribution in [-0.4, -0.2) is 17.5 Å². The van der Waals surface area contributed by atoms with E-state index in [0.29, 0.717) is 16.8 Å². The van der Waals surface area contributed by atoms with Gasteiger partial charge in [0.2, 0.25) is 0 Å². The molecule has 0 fully saturated rings. The summed E-state index contributed by atoms with van der Waals surface area (Å²) in [6.45, 7) is 2.11. The summed E-state index contributed by atoms with van der Waals surface area (Å²) < 4.78 is 18.1. The number of rotatable bonds is 4. The van der Waals surface area contributed by atoms with Crippen LogP contribution in [0, 0.1) is 11.7 Å². The van der Waals surface area contributed by atoms with Gasteiger partial charge in [0.25, 0.3) is 5.91 Å². The van der Waals surface area contributed by atoms with E-state index >= 15 is 0 Å². The zero-order valence-electron chi connectivity index (χ0n) is 12.3. The van der Waals surface area contributed by atoms with Crippen molar-refractivity contribution in [3.8, 4) is 5.75 Å². The summed E-state index contributed by atoms with van der Waals surface area (Å²) in [5.41, 5.74) is 1.11. The maximum atomic E-state index is 12.8. The quantitative estimate of drug-likeness (QED) is 0.939. The van der Waals surface area contributed by atoms with E-state index in [1.54, 1.807) is 11.3 Å². The Hall–Kier alpha value is -1.95. The van der Waals surface area contributed by atoms with E-state index in [1.165, 1.54) is 29.1 Å². The van der Waals surface area contributed by atoms with Crippen molar-refractivity contribution in [3.05, 3.63) is 40.7 Å². The Morgan fingerprint density at radius 3 is 3.00 bits per heavy atom. The molecule has 1 N–H and O–H groups in total. The Labute approximate surface area is 132 Å². The number of thiazole rings is 1. The fourth-order valence-corrected chi connectivity index (χ4v) is 3.62. The van der Waals surface area contributed by atoms with Gasteiger partial charge in [-0.05, 0) is 49.4 Å². The smallest absolute Gasteiger partial charge is 0.264 e. The Morgan fingerprint density at radius 2 is 2.23 bits per heavy atom. The number of aryl methyl sites for hydroxylation is 1. The summed E-state index contributed by atoms with van der Waals surface area (Å²) in [6, 6.07) is 5.57. The van der Waals surface area contributed by atoms with E-state index in [1.807, 2.05) is 0 Å². The second kappa shape index (κ2) is 6.44. The lowest BCUT2D eigenvalue weighted by molar-refractivity contribution is -0.118. The third-order valence-electron chi connectivity index (χ3n) is 3.62.